The van der Waals surface area contributed by atoms with Crippen LogP contribution < -0.4 is 10.2 Å². The van der Waals surface area contributed by atoms with Crippen molar-refractivity contribution in [2.75, 3.05) is 16.8 Å². The second-order valence-electron chi connectivity index (χ2n) is 9.49. The van der Waals surface area contributed by atoms with Crippen LogP contribution in [0.15, 0.2) is 91.1 Å². The fourth-order valence-corrected chi connectivity index (χ4v) is 5.02. The number of para-hydroxylation sites is 2. The van der Waals surface area contributed by atoms with Crippen molar-refractivity contribution in [1.82, 2.24) is 9.47 Å². The molecule has 3 aromatic carbocycles. The van der Waals surface area contributed by atoms with Gasteiger partial charge >= 0.3 is 6.03 Å². The van der Waals surface area contributed by atoms with Crippen LogP contribution in [-0.4, -0.2) is 34.0 Å². The first-order valence-corrected chi connectivity index (χ1v) is 12.5. The van der Waals surface area contributed by atoms with Gasteiger partial charge in [-0.25, -0.2) is 9.18 Å². The van der Waals surface area contributed by atoms with Gasteiger partial charge in [-0.1, -0.05) is 24.3 Å². The normalized spacial score (nSPS) is 15.7. The number of fused-ring (bicyclic) bond motifs is 3. The molecule has 3 amide bonds. The fourth-order valence-electron chi connectivity index (χ4n) is 5.02. The summed E-state index contributed by atoms with van der Waals surface area (Å²) in [5.41, 5.74) is 4.28. The highest BCUT2D eigenvalue weighted by Gasteiger charge is 2.40. The molecule has 1 aromatic heterocycles. The molecule has 1 fully saturated rings. The van der Waals surface area contributed by atoms with Gasteiger partial charge in [-0.3, -0.25) is 9.69 Å². The third-order valence-corrected chi connectivity index (χ3v) is 6.99. The molecule has 0 radical (unpaired) electrons. The van der Waals surface area contributed by atoms with E-state index in [9.17, 15) is 14.0 Å². The molecule has 1 atom stereocenters. The van der Waals surface area contributed by atoms with Crippen molar-refractivity contribution in [2.24, 2.45) is 0 Å². The van der Waals surface area contributed by atoms with E-state index >= 15 is 0 Å². The number of carbonyl (C=O) groups is 2. The lowest BCUT2D eigenvalue weighted by Crippen LogP contribution is -2.48. The van der Waals surface area contributed by atoms with Crippen LogP contribution in [0.4, 0.5) is 20.6 Å². The van der Waals surface area contributed by atoms with Crippen LogP contribution >= 0.6 is 0 Å². The van der Waals surface area contributed by atoms with Gasteiger partial charge in [0.1, 0.15) is 18.4 Å². The number of hydrogen-bond acceptors (Lipinski definition) is 3. The van der Waals surface area contributed by atoms with Crippen molar-refractivity contribution in [3.63, 3.8) is 0 Å². The lowest BCUT2D eigenvalue weighted by atomic mass is 9.97. The Labute approximate surface area is 219 Å². The molecule has 0 spiro atoms. The minimum atomic E-state index is -0.490. The second kappa shape index (κ2) is 9.52. The van der Waals surface area contributed by atoms with Crippen LogP contribution in [0.25, 0.3) is 5.69 Å². The number of carbonyl (C=O) groups excluding carboxylic acids is 2. The predicted octanol–water partition coefficient (Wildman–Crippen LogP) is 5.62. The molecule has 1 unspecified atom stereocenters. The Kier molecular flexibility index (Phi) is 5.89. The van der Waals surface area contributed by atoms with E-state index in [1.807, 2.05) is 47.2 Å². The van der Waals surface area contributed by atoms with Gasteiger partial charge in [0, 0.05) is 17.9 Å². The summed E-state index contributed by atoms with van der Waals surface area (Å²) in [5, 5.41) is 11.9. The predicted molar refractivity (Wildman–Crippen MR) is 141 cm³/mol. The monoisotopic (exact) mass is 505 g/mol. The third kappa shape index (κ3) is 4.28. The van der Waals surface area contributed by atoms with Crippen LogP contribution in [0.1, 0.15) is 35.7 Å². The van der Waals surface area contributed by atoms with Crippen molar-refractivity contribution >= 4 is 23.3 Å². The van der Waals surface area contributed by atoms with Crippen LogP contribution in [0, 0.1) is 17.1 Å². The molecule has 1 aliphatic carbocycles. The molecule has 1 saturated carbocycles. The van der Waals surface area contributed by atoms with E-state index in [0.29, 0.717) is 11.3 Å². The maximum Gasteiger partial charge on any atom is 0.322 e. The highest BCUT2D eigenvalue weighted by molar-refractivity contribution is 6.01. The van der Waals surface area contributed by atoms with Crippen molar-refractivity contribution < 1.29 is 14.0 Å². The topological polar surface area (TPSA) is 81.4 Å². The molecule has 7 nitrogen and oxygen atoms in total. The van der Waals surface area contributed by atoms with Crippen LogP contribution in [0.5, 0.6) is 0 Å². The molecule has 38 heavy (non-hydrogen) atoms. The number of amides is 3. The largest absolute Gasteiger partial charge is 0.322 e. The SMILES string of the molecule is N#Cc1ccc(NC(=O)N(CC(=O)N2c3ccccc3-n3cccc3C2c2ccc(F)cc2)C2CC2)cc1. The smallest absolute Gasteiger partial charge is 0.316 e. The average molecular weight is 506 g/mol. The quantitative estimate of drug-likeness (QED) is 0.382. The second-order valence-corrected chi connectivity index (χ2v) is 9.49. The molecule has 1 aliphatic heterocycles. The van der Waals surface area contributed by atoms with Gasteiger partial charge < -0.3 is 14.8 Å². The van der Waals surface area contributed by atoms with Crippen molar-refractivity contribution in [1.29, 1.82) is 5.26 Å². The zero-order chi connectivity index (χ0) is 26.2. The van der Waals surface area contributed by atoms with E-state index in [-0.39, 0.29) is 30.3 Å². The number of nitrogens with one attached hydrogen (secondary N) is 1. The summed E-state index contributed by atoms with van der Waals surface area (Å²) >= 11 is 0. The summed E-state index contributed by atoms with van der Waals surface area (Å²) in [6, 6.07) is 25.5. The van der Waals surface area contributed by atoms with Gasteiger partial charge in [0.25, 0.3) is 0 Å². The number of benzene rings is 3. The first kappa shape index (κ1) is 23.5. The maximum absolute atomic E-state index is 14.1. The Morgan fingerprint density at radius 1 is 0.947 bits per heavy atom. The molecule has 188 valence electrons. The molecule has 8 heteroatoms. The van der Waals surface area contributed by atoms with Gasteiger partial charge in [-0.2, -0.15) is 5.26 Å². The van der Waals surface area contributed by atoms with Crippen LogP contribution in [-0.2, 0) is 4.79 Å². The number of anilines is 2. The molecule has 2 heterocycles. The van der Waals surface area contributed by atoms with Crippen molar-refractivity contribution in [3.05, 3.63) is 114 Å². The van der Waals surface area contributed by atoms with E-state index in [1.165, 1.54) is 12.1 Å². The Morgan fingerprint density at radius 3 is 2.34 bits per heavy atom. The lowest BCUT2D eigenvalue weighted by Gasteiger charge is -2.39. The minimum Gasteiger partial charge on any atom is -0.316 e. The van der Waals surface area contributed by atoms with E-state index in [1.54, 1.807) is 46.2 Å². The Bertz CT molecular complexity index is 1550. The van der Waals surface area contributed by atoms with Crippen molar-refractivity contribution in [3.8, 4) is 11.8 Å². The number of urea groups is 1. The van der Waals surface area contributed by atoms with Crippen LogP contribution in [0.2, 0.25) is 0 Å². The maximum atomic E-state index is 14.1. The van der Waals surface area contributed by atoms with Gasteiger partial charge in [-0.05, 0) is 79.1 Å². The standard InChI is InChI=1S/C30H24FN5O2/c31-22-11-9-21(10-12-22)29-27-6-3-17-34(27)25-4-1-2-5-26(25)36(29)28(37)19-35(24-15-16-24)30(38)33-23-13-7-20(18-32)8-14-23/h1-14,17,24,29H,15-16,19H2,(H,33,38). The summed E-state index contributed by atoms with van der Waals surface area (Å²) < 4.78 is 15.9. The summed E-state index contributed by atoms with van der Waals surface area (Å²) in [4.78, 5) is 30.7. The number of nitrogens with zero attached hydrogens (tertiary/aromatic N) is 4. The first-order chi connectivity index (χ1) is 18.5. The van der Waals surface area contributed by atoms with E-state index in [2.05, 4.69) is 11.4 Å². The van der Waals surface area contributed by atoms with Gasteiger partial charge in [0.2, 0.25) is 5.91 Å². The van der Waals surface area contributed by atoms with Gasteiger partial charge in [0.05, 0.1) is 28.7 Å². The molecule has 2 aliphatic rings. The Morgan fingerprint density at radius 2 is 1.66 bits per heavy atom. The molecule has 0 saturated heterocycles. The fraction of sp³-hybridized carbons (Fsp3) is 0.167. The molecular formula is C30H24FN5O2. The zero-order valence-electron chi connectivity index (χ0n) is 20.4. The third-order valence-electron chi connectivity index (χ3n) is 6.99. The number of hydrogen-bond donors (Lipinski definition) is 1. The first-order valence-electron chi connectivity index (χ1n) is 12.5. The van der Waals surface area contributed by atoms with Crippen LogP contribution in [0.3, 0.4) is 0 Å². The molecule has 0 bridgehead atoms. The van der Waals surface area contributed by atoms with Gasteiger partial charge in [0.15, 0.2) is 0 Å². The zero-order valence-corrected chi connectivity index (χ0v) is 20.4. The summed E-state index contributed by atoms with van der Waals surface area (Å²) in [5.74, 6) is -0.585. The van der Waals surface area contributed by atoms with E-state index in [4.69, 9.17) is 5.26 Å². The van der Waals surface area contributed by atoms with Crippen molar-refractivity contribution in [2.45, 2.75) is 24.9 Å². The minimum absolute atomic E-state index is 0.0227. The Balaban J connectivity index is 1.34. The summed E-state index contributed by atoms with van der Waals surface area (Å²) in [6.45, 7) is -0.112. The number of rotatable bonds is 5. The summed E-state index contributed by atoms with van der Waals surface area (Å²) in [6.07, 6.45) is 3.61. The molecule has 4 aromatic rings. The Hall–Kier alpha value is -4.90. The molecular weight excluding hydrogens is 481 g/mol. The highest BCUT2D eigenvalue weighted by Crippen LogP contribution is 2.42. The van der Waals surface area contributed by atoms with Gasteiger partial charge in [-0.15, -0.1) is 0 Å². The number of halogens is 1. The summed E-state index contributed by atoms with van der Waals surface area (Å²) in [7, 11) is 0. The van der Waals surface area contributed by atoms with E-state index < -0.39 is 6.04 Å². The highest BCUT2D eigenvalue weighted by atomic mass is 19.1. The number of nitriles is 1. The van der Waals surface area contributed by atoms with E-state index in [0.717, 1.165) is 35.5 Å². The molecule has 1 N–H and O–H groups in total. The number of aromatic nitrogens is 1. The average Bonchev–Trinajstić information content (AvgIpc) is 3.66. The lowest BCUT2D eigenvalue weighted by molar-refractivity contribution is -0.119. The molecule has 6 rings (SSSR count).